The Kier molecular flexibility index (Phi) is 4.96. The van der Waals surface area contributed by atoms with Gasteiger partial charge in [0, 0.05) is 21.2 Å². The predicted octanol–water partition coefficient (Wildman–Crippen LogP) is 6.08. The van der Waals surface area contributed by atoms with E-state index in [2.05, 4.69) is 20.9 Å². The van der Waals surface area contributed by atoms with Gasteiger partial charge >= 0.3 is 0 Å². The third-order valence-corrected chi connectivity index (χ3v) is 4.83. The minimum atomic E-state index is -0.467. The molecule has 2 aromatic carbocycles. The van der Waals surface area contributed by atoms with Gasteiger partial charge in [-0.2, -0.15) is 5.26 Å². The van der Waals surface area contributed by atoms with Gasteiger partial charge in [0.15, 0.2) is 0 Å². The SMILES string of the molecule is N#Cc1c(-c2cc(Br)ccc2F)cc(-c2ccc(Cl)c(Cl)c2)nc1N. The molecular weight excluding hydrogens is 428 g/mol. The monoisotopic (exact) mass is 435 g/mol. The molecule has 0 atom stereocenters. The highest BCUT2D eigenvalue weighted by atomic mass is 79.9. The summed E-state index contributed by atoms with van der Waals surface area (Å²) in [6.45, 7) is 0. The molecule has 0 aliphatic rings. The summed E-state index contributed by atoms with van der Waals surface area (Å²) in [5, 5.41) is 10.2. The molecule has 0 bridgehead atoms. The van der Waals surface area contributed by atoms with Crippen LogP contribution in [0.5, 0.6) is 0 Å². The predicted molar refractivity (Wildman–Crippen MR) is 102 cm³/mol. The third-order valence-electron chi connectivity index (χ3n) is 3.59. The highest BCUT2D eigenvalue weighted by Crippen LogP contribution is 2.35. The van der Waals surface area contributed by atoms with E-state index < -0.39 is 5.82 Å². The first-order valence-corrected chi connectivity index (χ1v) is 8.57. The quantitative estimate of drug-likeness (QED) is 0.529. The Hall–Kier alpha value is -2.13. The van der Waals surface area contributed by atoms with Gasteiger partial charge in [-0.1, -0.05) is 45.2 Å². The smallest absolute Gasteiger partial charge is 0.142 e. The fraction of sp³-hybridized carbons (Fsp3) is 0. The molecule has 3 aromatic rings. The Morgan fingerprint density at radius 2 is 1.80 bits per heavy atom. The number of hydrogen-bond acceptors (Lipinski definition) is 3. The molecule has 124 valence electrons. The van der Waals surface area contributed by atoms with E-state index in [1.807, 2.05) is 6.07 Å². The first kappa shape index (κ1) is 17.7. The summed E-state index contributed by atoms with van der Waals surface area (Å²) in [5.41, 5.74) is 7.77. The van der Waals surface area contributed by atoms with Gasteiger partial charge in [0.05, 0.1) is 15.7 Å². The molecule has 0 amide bonds. The van der Waals surface area contributed by atoms with E-state index in [9.17, 15) is 9.65 Å². The van der Waals surface area contributed by atoms with Crippen LogP contribution in [0.25, 0.3) is 22.4 Å². The van der Waals surface area contributed by atoms with E-state index in [4.69, 9.17) is 28.9 Å². The Morgan fingerprint density at radius 1 is 1.04 bits per heavy atom. The Labute approximate surface area is 162 Å². The van der Waals surface area contributed by atoms with Crippen LogP contribution >= 0.6 is 39.1 Å². The number of rotatable bonds is 2. The molecule has 0 spiro atoms. The van der Waals surface area contributed by atoms with Crippen molar-refractivity contribution in [3.8, 4) is 28.5 Å². The van der Waals surface area contributed by atoms with Crippen LogP contribution in [-0.4, -0.2) is 4.98 Å². The molecule has 7 heteroatoms. The standard InChI is InChI=1S/C18H9BrCl2FN3/c19-10-2-4-16(22)12(6-10)11-7-17(25-18(24)13(11)8-23)9-1-3-14(20)15(21)5-9/h1-7H,(H2,24,25). The van der Waals surface area contributed by atoms with Crippen molar-refractivity contribution in [2.24, 2.45) is 0 Å². The Balaban J connectivity index is 2.28. The van der Waals surface area contributed by atoms with Gasteiger partial charge in [0.1, 0.15) is 23.3 Å². The van der Waals surface area contributed by atoms with Crippen LogP contribution in [0.4, 0.5) is 10.2 Å². The van der Waals surface area contributed by atoms with Crippen molar-refractivity contribution < 1.29 is 4.39 Å². The maximum Gasteiger partial charge on any atom is 0.142 e. The summed E-state index contributed by atoms with van der Waals surface area (Å²) >= 11 is 15.3. The van der Waals surface area contributed by atoms with Crippen molar-refractivity contribution in [1.82, 2.24) is 4.98 Å². The van der Waals surface area contributed by atoms with E-state index in [0.717, 1.165) is 0 Å². The summed E-state index contributed by atoms with van der Waals surface area (Å²) in [4.78, 5) is 4.24. The lowest BCUT2D eigenvalue weighted by molar-refractivity contribution is 0.631. The molecule has 0 saturated carbocycles. The van der Waals surface area contributed by atoms with Crippen LogP contribution in [0.1, 0.15) is 5.56 Å². The minimum absolute atomic E-state index is 0.0143. The van der Waals surface area contributed by atoms with E-state index in [-0.39, 0.29) is 16.9 Å². The summed E-state index contributed by atoms with van der Waals surface area (Å²) in [6.07, 6.45) is 0. The van der Waals surface area contributed by atoms with Crippen molar-refractivity contribution in [2.45, 2.75) is 0 Å². The number of benzene rings is 2. The lowest BCUT2D eigenvalue weighted by Crippen LogP contribution is -2.00. The molecule has 0 fully saturated rings. The van der Waals surface area contributed by atoms with Gasteiger partial charge in [-0.3, -0.25) is 0 Å². The van der Waals surface area contributed by atoms with Gasteiger partial charge in [0.2, 0.25) is 0 Å². The number of nitriles is 1. The fourth-order valence-corrected chi connectivity index (χ4v) is 3.06. The lowest BCUT2D eigenvalue weighted by Gasteiger charge is -2.12. The van der Waals surface area contributed by atoms with Gasteiger partial charge in [0.25, 0.3) is 0 Å². The highest BCUT2D eigenvalue weighted by Gasteiger charge is 2.17. The molecule has 0 aliphatic heterocycles. The van der Waals surface area contributed by atoms with E-state index >= 15 is 0 Å². The van der Waals surface area contributed by atoms with Gasteiger partial charge in [-0.25, -0.2) is 9.37 Å². The number of nitrogens with zero attached hydrogens (tertiary/aromatic N) is 2. The van der Waals surface area contributed by atoms with E-state index in [1.165, 1.54) is 6.07 Å². The largest absolute Gasteiger partial charge is 0.383 e. The second-order valence-corrected chi connectivity index (χ2v) is 6.91. The number of nitrogens with two attached hydrogens (primary N) is 1. The normalized spacial score (nSPS) is 10.5. The average Bonchev–Trinajstić information content (AvgIpc) is 2.58. The van der Waals surface area contributed by atoms with Crippen LogP contribution in [0, 0.1) is 17.1 Å². The van der Waals surface area contributed by atoms with Crippen LogP contribution in [-0.2, 0) is 0 Å². The van der Waals surface area contributed by atoms with E-state index in [1.54, 1.807) is 36.4 Å². The van der Waals surface area contributed by atoms with Crippen LogP contribution < -0.4 is 5.73 Å². The number of anilines is 1. The summed E-state index contributed by atoms with van der Waals surface area (Å²) in [7, 11) is 0. The van der Waals surface area contributed by atoms with Crippen LogP contribution in [0.3, 0.4) is 0 Å². The molecule has 3 nitrogen and oxygen atoms in total. The van der Waals surface area contributed by atoms with Crippen molar-refractivity contribution in [3.63, 3.8) is 0 Å². The molecule has 1 aromatic heterocycles. The van der Waals surface area contributed by atoms with Crippen LogP contribution in [0.15, 0.2) is 46.9 Å². The molecule has 2 N–H and O–H groups in total. The average molecular weight is 437 g/mol. The summed E-state index contributed by atoms with van der Waals surface area (Å²) in [5.74, 6) is -0.453. The first-order valence-electron chi connectivity index (χ1n) is 7.02. The summed E-state index contributed by atoms with van der Waals surface area (Å²) in [6, 6.07) is 13.1. The zero-order valence-corrected chi connectivity index (χ0v) is 15.6. The number of hydrogen-bond donors (Lipinski definition) is 1. The third kappa shape index (κ3) is 3.47. The molecule has 0 radical (unpaired) electrons. The van der Waals surface area contributed by atoms with Gasteiger partial charge < -0.3 is 5.73 Å². The fourth-order valence-electron chi connectivity index (χ4n) is 2.40. The first-order chi connectivity index (χ1) is 11.9. The van der Waals surface area contributed by atoms with E-state index in [0.29, 0.717) is 31.3 Å². The van der Waals surface area contributed by atoms with Crippen LogP contribution in [0.2, 0.25) is 10.0 Å². The van der Waals surface area contributed by atoms with Crippen molar-refractivity contribution >= 4 is 44.9 Å². The Morgan fingerprint density at radius 3 is 2.48 bits per heavy atom. The molecule has 0 unspecified atom stereocenters. The number of aromatic nitrogens is 1. The number of halogens is 4. The highest BCUT2D eigenvalue weighted by molar-refractivity contribution is 9.10. The topological polar surface area (TPSA) is 62.7 Å². The maximum atomic E-state index is 14.3. The van der Waals surface area contributed by atoms with Crippen molar-refractivity contribution in [2.75, 3.05) is 5.73 Å². The molecule has 25 heavy (non-hydrogen) atoms. The zero-order chi connectivity index (χ0) is 18.1. The van der Waals surface area contributed by atoms with Gasteiger partial charge in [-0.15, -0.1) is 0 Å². The van der Waals surface area contributed by atoms with Gasteiger partial charge in [-0.05, 0) is 36.4 Å². The zero-order valence-electron chi connectivity index (χ0n) is 12.5. The lowest BCUT2D eigenvalue weighted by atomic mass is 9.98. The molecule has 3 rings (SSSR count). The minimum Gasteiger partial charge on any atom is -0.383 e. The number of pyridine rings is 1. The number of nitrogen functional groups attached to an aromatic ring is 1. The Bertz CT molecular complexity index is 1030. The van der Waals surface area contributed by atoms with Crippen molar-refractivity contribution in [3.05, 3.63) is 68.4 Å². The molecule has 1 heterocycles. The second kappa shape index (κ2) is 7.01. The van der Waals surface area contributed by atoms with Crippen molar-refractivity contribution in [1.29, 1.82) is 5.26 Å². The maximum absolute atomic E-state index is 14.3. The molecular formula is C18H9BrCl2FN3. The molecule has 0 aliphatic carbocycles. The summed E-state index contributed by atoms with van der Waals surface area (Å²) < 4.78 is 15.0. The molecule has 0 saturated heterocycles. The second-order valence-electron chi connectivity index (χ2n) is 5.18.